The van der Waals surface area contributed by atoms with Crippen molar-refractivity contribution in [1.82, 2.24) is 9.38 Å². The molecule has 24 heavy (non-hydrogen) atoms. The van der Waals surface area contributed by atoms with Crippen LogP contribution in [-0.4, -0.2) is 20.5 Å². The number of carboxylic acids is 1. The third-order valence-electron chi connectivity index (χ3n) is 3.57. The quantitative estimate of drug-likeness (QED) is 0.769. The molecule has 2 heterocycles. The Labute approximate surface area is 146 Å². The fourth-order valence-corrected chi connectivity index (χ4v) is 3.27. The molecule has 2 aromatic heterocycles. The Morgan fingerprint density at radius 2 is 2.08 bits per heavy atom. The first-order valence-corrected chi connectivity index (χ1v) is 8.26. The molecule has 0 saturated heterocycles. The fraction of sp³-hybridized carbons (Fsp3) is 0.118. The van der Waals surface area contributed by atoms with Crippen molar-refractivity contribution in [2.45, 2.75) is 13.8 Å². The van der Waals surface area contributed by atoms with Crippen LogP contribution in [0.5, 0.6) is 0 Å². The highest BCUT2D eigenvalue weighted by Crippen LogP contribution is 2.20. The van der Waals surface area contributed by atoms with Gasteiger partial charge in [-0.2, -0.15) is 0 Å². The highest BCUT2D eigenvalue weighted by molar-refractivity contribution is 7.18. The van der Waals surface area contributed by atoms with E-state index >= 15 is 0 Å². The number of fused-ring (bicyclic) bond motifs is 1. The maximum absolute atomic E-state index is 12.3. The van der Waals surface area contributed by atoms with E-state index in [1.54, 1.807) is 6.08 Å². The van der Waals surface area contributed by atoms with E-state index in [1.807, 2.05) is 38.1 Å². The minimum atomic E-state index is -1.10. The van der Waals surface area contributed by atoms with E-state index in [2.05, 4.69) is 4.98 Å². The van der Waals surface area contributed by atoms with Crippen LogP contribution < -0.4 is 5.56 Å². The molecule has 0 saturated carbocycles. The summed E-state index contributed by atoms with van der Waals surface area (Å²) in [7, 11) is 0. The summed E-state index contributed by atoms with van der Waals surface area (Å²) in [4.78, 5) is 28.0. The maximum atomic E-state index is 12.3. The number of carbonyl (C=O) groups is 1. The normalized spacial score (nSPS) is 11.5. The molecule has 122 valence electrons. The van der Waals surface area contributed by atoms with Crippen molar-refractivity contribution >= 4 is 46.0 Å². The summed E-state index contributed by atoms with van der Waals surface area (Å²) in [5, 5.41) is 9.01. The molecule has 0 spiro atoms. The molecule has 0 atom stereocenters. The van der Waals surface area contributed by atoms with Crippen molar-refractivity contribution in [2.75, 3.05) is 0 Å². The smallest absolute Gasteiger partial charge is 0.347 e. The van der Waals surface area contributed by atoms with Gasteiger partial charge in [0.1, 0.15) is 9.90 Å². The number of benzene rings is 1. The summed E-state index contributed by atoms with van der Waals surface area (Å²) >= 11 is 7.04. The van der Waals surface area contributed by atoms with Gasteiger partial charge in [-0.25, -0.2) is 9.78 Å². The van der Waals surface area contributed by atoms with E-state index in [9.17, 15) is 9.59 Å². The molecule has 7 heteroatoms. The molecular weight excluding hydrogens is 348 g/mol. The van der Waals surface area contributed by atoms with Crippen molar-refractivity contribution in [1.29, 1.82) is 0 Å². The van der Waals surface area contributed by atoms with Crippen LogP contribution in [0.4, 0.5) is 0 Å². The second-order valence-electron chi connectivity index (χ2n) is 5.36. The first kappa shape index (κ1) is 16.4. The number of thiazole rings is 1. The minimum absolute atomic E-state index is 0.0336. The molecule has 0 fully saturated rings. The maximum Gasteiger partial charge on any atom is 0.347 e. The number of aromatic carboxylic acids is 1. The van der Waals surface area contributed by atoms with Gasteiger partial charge in [-0.1, -0.05) is 52.8 Å². The fourth-order valence-electron chi connectivity index (χ4n) is 2.25. The third kappa shape index (κ3) is 2.98. The van der Waals surface area contributed by atoms with Crippen molar-refractivity contribution in [2.24, 2.45) is 0 Å². The van der Waals surface area contributed by atoms with Crippen molar-refractivity contribution < 1.29 is 9.90 Å². The summed E-state index contributed by atoms with van der Waals surface area (Å²) in [6.45, 7) is 3.99. The van der Waals surface area contributed by atoms with Gasteiger partial charge in [0.25, 0.3) is 5.56 Å². The average molecular weight is 361 g/mol. The molecule has 3 rings (SSSR count). The number of aryl methyl sites for hydroxylation is 2. The van der Waals surface area contributed by atoms with Crippen LogP contribution in [0.15, 0.2) is 29.2 Å². The van der Waals surface area contributed by atoms with Gasteiger partial charge in [0.05, 0.1) is 5.69 Å². The summed E-state index contributed by atoms with van der Waals surface area (Å²) in [5.74, 6) is -1.10. The number of nitrogens with zero attached hydrogens (tertiary/aromatic N) is 2. The van der Waals surface area contributed by atoms with Gasteiger partial charge >= 0.3 is 5.97 Å². The molecule has 1 N–H and O–H groups in total. The molecule has 0 unspecified atom stereocenters. The SMILES string of the molecule is Cc1ccc(C)c(/C=C/c2nc3sc(C(=O)O)cn3c(=O)c2Cl)c1. The van der Waals surface area contributed by atoms with Gasteiger partial charge in [0.15, 0.2) is 4.96 Å². The van der Waals surface area contributed by atoms with Gasteiger partial charge in [-0.3, -0.25) is 9.20 Å². The zero-order chi connectivity index (χ0) is 17.4. The first-order chi connectivity index (χ1) is 11.4. The van der Waals surface area contributed by atoms with E-state index in [1.165, 1.54) is 6.20 Å². The number of carboxylic acid groups (broad SMARTS) is 1. The molecule has 0 aliphatic heterocycles. The summed E-state index contributed by atoms with van der Waals surface area (Å²) in [6, 6.07) is 6.06. The molecule has 0 aliphatic rings. The van der Waals surface area contributed by atoms with Crippen LogP contribution in [0.25, 0.3) is 17.1 Å². The molecule has 0 bridgehead atoms. The summed E-state index contributed by atoms with van der Waals surface area (Å²) in [6.07, 6.45) is 4.76. The lowest BCUT2D eigenvalue weighted by molar-refractivity contribution is 0.0702. The number of halogens is 1. The monoisotopic (exact) mass is 360 g/mol. The lowest BCUT2D eigenvalue weighted by Crippen LogP contribution is -2.14. The lowest BCUT2D eigenvalue weighted by Gasteiger charge is -2.02. The predicted octanol–water partition coefficient (Wildman–Crippen LogP) is 3.89. The number of hydrogen-bond acceptors (Lipinski definition) is 4. The molecule has 1 aromatic carbocycles. The molecule has 3 aromatic rings. The topological polar surface area (TPSA) is 71.7 Å². The standard InChI is InChI=1S/C17H13ClN2O3S/c1-9-3-4-10(2)11(7-9)5-6-12-14(18)15(21)20-8-13(16(22)23)24-17(20)19-12/h3-8H,1-2H3,(H,22,23)/b6-5+. The molecule has 5 nitrogen and oxygen atoms in total. The van der Waals surface area contributed by atoms with Gasteiger partial charge in [0.2, 0.25) is 0 Å². The average Bonchev–Trinajstić information content (AvgIpc) is 2.97. The summed E-state index contributed by atoms with van der Waals surface area (Å²) < 4.78 is 1.16. The summed E-state index contributed by atoms with van der Waals surface area (Å²) in [5.41, 5.74) is 3.06. The molecule has 0 amide bonds. The van der Waals surface area contributed by atoms with Crippen molar-refractivity contribution in [3.05, 3.63) is 67.0 Å². The highest BCUT2D eigenvalue weighted by Gasteiger charge is 2.14. The van der Waals surface area contributed by atoms with E-state index in [0.29, 0.717) is 10.7 Å². The number of aromatic nitrogens is 2. The Morgan fingerprint density at radius 1 is 1.33 bits per heavy atom. The van der Waals surface area contributed by atoms with Crippen LogP contribution in [0, 0.1) is 13.8 Å². The van der Waals surface area contributed by atoms with Crippen LogP contribution in [0.3, 0.4) is 0 Å². The van der Waals surface area contributed by atoms with Gasteiger partial charge in [-0.05, 0) is 31.1 Å². The Morgan fingerprint density at radius 3 is 2.79 bits per heavy atom. The first-order valence-electron chi connectivity index (χ1n) is 7.07. The molecular formula is C17H13ClN2O3S. The Bertz CT molecular complexity index is 1050. The van der Waals surface area contributed by atoms with Crippen LogP contribution >= 0.6 is 22.9 Å². The van der Waals surface area contributed by atoms with E-state index in [4.69, 9.17) is 16.7 Å². The zero-order valence-corrected chi connectivity index (χ0v) is 14.5. The van der Waals surface area contributed by atoms with Gasteiger partial charge in [-0.15, -0.1) is 0 Å². The third-order valence-corrected chi connectivity index (χ3v) is 4.89. The van der Waals surface area contributed by atoms with Crippen molar-refractivity contribution in [3.8, 4) is 0 Å². The van der Waals surface area contributed by atoms with Crippen LogP contribution in [0.1, 0.15) is 32.1 Å². The lowest BCUT2D eigenvalue weighted by atomic mass is 10.1. The van der Waals surface area contributed by atoms with E-state index < -0.39 is 11.5 Å². The van der Waals surface area contributed by atoms with Crippen LogP contribution in [-0.2, 0) is 0 Å². The molecule has 0 radical (unpaired) electrons. The molecule has 0 aliphatic carbocycles. The predicted molar refractivity (Wildman–Crippen MR) is 96.2 cm³/mol. The second-order valence-corrected chi connectivity index (χ2v) is 6.75. The Kier molecular flexibility index (Phi) is 4.26. The van der Waals surface area contributed by atoms with Gasteiger partial charge < -0.3 is 5.11 Å². The van der Waals surface area contributed by atoms with Gasteiger partial charge in [0, 0.05) is 6.20 Å². The van der Waals surface area contributed by atoms with E-state index in [0.717, 1.165) is 32.4 Å². The largest absolute Gasteiger partial charge is 0.477 e. The van der Waals surface area contributed by atoms with E-state index in [-0.39, 0.29) is 9.90 Å². The minimum Gasteiger partial charge on any atom is -0.477 e. The highest BCUT2D eigenvalue weighted by atomic mass is 35.5. The number of hydrogen-bond donors (Lipinski definition) is 1. The Hall–Kier alpha value is -2.44. The second kappa shape index (κ2) is 6.22. The van der Waals surface area contributed by atoms with Crippen LogP contribution in [0.2, 0.25) is 5.02 Å². The zero-order valence-electron chi connectivity index (χ0n) is 12.9. The van der Waals surface area contributed by atoms with Crippen molar-refractivity contribution in [3.63, 3.8) is 0 Å². The number of rotatable bonds is 3. The Balaban J connectivity index is 2.11.